The Morgan fingerprint density at radius 3 is 2.49 bits per heavy atom. The molecule has 1 saturated carbocycles. The maximum atomic E-state index is 14.8. The lowest BCUT2D eigenvalue weighted by Gasteiger charge is -2.51. The Balaban J connectivity index is 1.43. The monoisotopic (exact) mass is 495 g/mol. The molecule has 0 atom stereocenters. The Morgan fingerprint density at radius 2 is 1.73 bits per heavy atom. The summed E-state index contributed by atoms with van der Waals surface area (Å²) in [5.74, 6) is 0.194. The normalized spacial score (nSPS) is 21.3. The SMILES string of the molecule is Cc1ccccc1C(=O)N1CCc2c([nH]c3ccccc23)C12CCC(c1cccc(F)c1N(C)C)CC2. The maximum absolute atomic E-state index is 14.8. The third-order valence-electron chi connectivity index (χ3n) is 8.72. The largest absolute Gasteiger partial charge is 0.375 e. The van der Waals surface area contributed by atoms with Crippen LogP contribution in [-0.4, -0.2) is 36.4 Å². The van der Waals surface area contributed by atoms with Gasteiger partial charge in [0.25, 0.3) is 5.91 Å². The molecule has 4 nitrogen and oxygen atoms in total. The fourth-order valence-corrected chi connectivity index (χ4v) is 6.94. The lowest BCUT2D eigenvalue weighted by Crippen LogP contribution is -2.55. The molecule has 1 aromatic heterocycles. The number of carbonyl (C=O) groups is 1. The van der Waals surface area contributed by atoms with Gasteiger partial charge in [0.15, 0.2) is 0 Å². The number of aromatic nitrogens is 1. The molecule has 1 amide bonds. The van der Waals surface area contributed by atoms with Crippen LogP contribution in [-0.2, 0) is 12.0 Å². The van der Waals surface area contributed by atoms with Gasteiger partial charge in [-0.1, -0.05) is 48.5 Å². The molecule has 5 heteroatoms. The summed E-state index contributed by atoms with van der Waals surface area (Å²) in [6.45, 7) is 2.72. The first kappa shape index (κ1) is 23.8. The van der Waals surface area contributed by atoms with Crippen molar-refractivity contribution in [3.05, 3.63) is 100 Å². The quantitative estimate of drug-likeness (QED) is 0.335. The standard InChI is InChI=1S/C32H34FN3O/c1-21-9-4-5-10-23(21)31(37)36-20-17-26-25-11-6-7-14-28(25)34-30(26)32(36)18-15-22(16-19-32)24-12-8-13-27(33)29(24)35(2)3/h4-14,22,34H,15-20H2,1-3H3. The van der Waals surface area contributed by atoms with E-state index in [2.05, 4.69) is 40.2 Å². The van der Waals surface area contributed by atoms with E-state index in [0.717, 1.165) is 54.3 Å². The molecule has 2 heterocycles. The highest BCUT2D eigenvalue weighted by molar-refractivity contribution is 5.97. The van der Waals surface area contributed by atoms with Gasteiger partial charge in [-0.2, -0.15) is 0 Å². The maximum Gasteiger partial charge on any atom is 0.254 e. The Kier molecular flexibility index (Phi) is 5.82. The van der Waals surface area contributed by atoms with Crippen LogP contribution in [0, 0.1) is 12.7 Å². The molecule has 6 rings (SSSR count). The topological polar surface area (TPSA) is 39.3 Å². The molecule has 1 aliphatic heterocycles. The molecule has 0 saturated heterocycles. The number of rotatable bonds is 3. The fraction of sp³-hybridized carbons (Fsp3) is 0.344. The van der Waals surface area contributed by atoms with Crippen molar-refractivity contribution in [1.82, 2.24) is 9.88 Å². The molecular weight excluding hydrogens is 461 g/mol. The summed E-state index contributed by atoms with van der Waals surface area (Å²) in [4.78, 5) is 21.9. The second-order valence-electron chi connectivity index (χ2n) is 10.9. The van der Waals surface area contributed by atoms with Gasteiger partial charge in [-0.3, -0.25) is 4.79 Å². The Morgan fingerprint density at radius 1 is 1.00 bits per heavy atom. The predicted molar refractivity (Wildman–Crippen MR) is 148 cm³/mol. The number of carbonyl (C=O) groups excluding carboxylic acids is 1. The van der Waals surface area contributed by atoms with E-state index in [1.165, 1.54) is 16.6 Å². The minimum Gasteiger partial charge on any atom is -0.375 e. The average molecular weight is 496 g/mol. The number of aromatic amines is 1. The number of para-hydroxylation sites is 2. The Bertz CT molecular complexity index is 1480. The summed E-state index contributed by atoms with van der Waals surface area (Å²) in [6.07, 6.45) is 4.33. The van der Waals surface area contributed by atoms with Crippen molar-refractivity contribution < 1.29 is 9.18 Å². The summed E-state index contributed by atoms with van der Waals surface area (Å²) in [5, 5.41) is 1.27. The summed E-state index contributed by atoms with van der Waals surface area (Å²) in [7, 11) is 3.82. The molecule has 190 valence electrons. The molecule has 0 unspecified atom stereocenters. The molecule has 1 spiro atoms. The Hall–Kier alpha value is -3.60. The zero-order valence-electron chi connectivity index (χ0n) is 21.9. The second kappa shape index (κ2) is 9.05. The van der Waals surface area contributed by atoms with E-state index in [4.69, 9.17) is 0 Å². The minimum atomic E-state index is -0.395. The number of fused-ring (bicyclic) bond motifs is 4. The van der Waals surface area contributed by atoms with Crippen molar-refractivity contribution >= 4 is 22.5 Å². The lowest BCUT2D eigenvalue weighted by molar-refractivity contribution is 0.0225. The molecule has 1 aliphatic carbocycles. The second-order valence-corrected chi connectivity index (χ2v) is 10.9. The van der Waals surface area contributed by atoms with Gasteiger partial charge in [0, 0.05) is 42.8 Å². The fourth-order valence-electron chi connectivity index (χ4n) is 6.94. The van der Waals surface area contributed by atoms with Crippen molar-refractivity contribution in [2.75, 3.05) is 25.5 Å². The highest BCUT2D eigenvalue weighted by Crippen LogP contribution is 2.52. The van der Waals surface area contributed by atoms with Crippen molar-refractivity contribution in [2.45, 2.75) is 50.5 Å². The van der Waals surface area contributed by atoms with Crippen molar-refractivity contribution in [3.8, 4) is 0 Å². The molecular formula is C32H34FN3O. The van der Waals surface area contributed by atoms with Crippen LogP contribution >= 0.6 is 0 Å². The predicted octanol–water partition coefficient (Wildman–Crippen LogP) is 6.93. The summed E-state index contributed by atoms with van der Waals surface area (Å²) in [5.41, 5.74) is 6.84. The van der Waals surface area contributed by atoms with Gasteiger partial charge < -0.3 is 14.8 Å². The molecule has 1 fully saturated rings. The number of nitrogens with one attached hydrogen (secondary N) is 1. The van der Waals surface area contributed by atoms with Crippen LogP contribution in [0.4, 0.5) is 10.1 Å². The summed E-state index contributed by atoms with van der Waals surface area (Å²) in [6, 6.07) is 21.8. The average Bonchev–Trinajstić information content (AvgIpc) is 3.29. The zero-order valence-corrected chi connectivity index (χ0v) is 21.9. The van der Waals surface area contributed by atoms with Crippen LogP contribution in [0.15, 0.2) is 66.7 Å². The number of anilines is 1. The first-order chi connectivity index (χ1) is 17.9. The smallest absolute Gasteiger partial charge is 0.254 e. The highest BCUT2D eigenvalue weighted by atomic mass is 19.1. The van der Waals surface area contributed by atoms with Crippen LogP contribution in [0.1, 0.15) is 64.3 Å². The van der Waals surface area contributed by atoms with E-state index in [-0.39, 0.29) is 17.6 Å². The summed E-state index contributed by atoms with van der Waals surface area (Å²) < 4.78 is 14.8. The zero-order chi connectivity index (χ0) is 25.7. The van der Waals surface area contributed by atoms with Crippen molar-refractivity contribution in [1.29, 1.82) is 0 Å². The number of benzene rings is 3. The molecule has 3 aromatic carbocycles. The number of amides is 1. The third-order valence-corrected chi connectivity index (χ3v) is 8.72. The van der Waals surface area contributed by atoms with Gasteiger partial charge in [0.05, 0.1) is 11.2 Å². The van der Waals surface area contributed by atoms with Crippen molar-refractivity contribution in [2.24, 2.45) is 0 Å². The van der Waals surface area contributed by atoms with E-state index in [1.807, 2.05) is 56.3 Å². The van der Waals surface area contributed by atoms with Gasteiger partial charge in [0.1, 0.15) is 5.82 Å². The van der Waals surface area contributed by atoms with Gasteiger partial charge in [-0.25, -0.2) is 4.39 Å². The third kappa shape index (κ3) is 3.75. The van der Waals surface area contributed by atoms with Crippen LogP contribution in [0.3, 0.4) is 0 Å². The first-order valence-electron chi connectivity index (χ1n) is 13.3. The molecule has 0 radical (unpaired) electrons. The van der Waals surface area contributed by atoms with E-state index < -0.39 is 5.54 Å². The van der Waals surface area contributed by atoms with E-state index in [0.29, 0.717) is 12.2 Å². The molecule has 37 heavy (non-hydrogen) atoms. The molecule has 4 aromatic rings. The summed E-state index contributed by atoms with van der Waals surface area (Å²) >= 11 is 0. The van der Waals surface area contributed by atoms with Crippen LogP contribution < -0.4 is 4.90 Å². The van der Waals surface area contributed by atoms with E-state index in [9.17, 15) is 9.18 Å². The molecule has 2 aliphatic rings. The number of halogens is 1. The van der Waals surface area contributed by atoms with Crippen LogP contribution in [0.2, 0.25) is 0 Å². The van der Waals surface area contributed by atoms with Gasteiger partial charge >= 0.3 is 0 Å². The Labute approximate surface area is 218 Å². The minimum absolute atomic E-state index is 0.112. The number of nitrogens with zero attached hydrogens (tertiary/aromatic N) is 2. The highest BCUT2D eigenvalue weighted by Gasteiger charge is 2.49. The molecule has 0 bridgehead atoms. The van der Waals surface area contributed by atoms with Gasteiger partial charge in [-0.05, 0) is 79.8 Å². The first-order valence-corrected chi connectivity index (χ1v) is 13.3. The number of aryl methyl sites for hydroxylation is 1. The van der Waals surface area contributed by atoms with Gasteiger partial charge in [-0.15, -0.1) is 0 Å². The van der Waals surface area contributed by atoms with Crippen LogP contribution in [0.25, 0.3) is 10.9 Å². The number of H-pyrrole nitrogens is 1. The number of hydrogen-bond acceptors (Lipinski definition) is 2. The van der Waals surface area contributed by atoms with E-state index >= 15 is 0 Å². The lowest BCUT2D eigenvalue weighted by atomic mass is 9.69. The molecule has 1 N–H and O–H groups in total. The van der Waals surface area contributed by atoms with Crippen molar-refractivity contribution in [3.63, 3.8) is 0 Å². The van der Waals surface area contributed by atoms with Crippen LogP contribution in [0.5, 0.6) is 0 Å². The van der Waals surface area contributed by atoms with E-state index in [1.54, 1.807) is 6.07 Å². The number of hydrogen-bond donors (Lipinski definition) is 1. The van der Waals surface area contributed by atoms with Gasteiger partial charge in [0.2, 0.25) is 0 Å².